The summed E-state index contributed by atoms with van der Waals surface area (Å²) in [5.74, 6) is 1.48. The van der Waals surface area contributed by atoms with Crippen LogP contribution in [-0.2, 0) is 0 Å². The van der Waals surface area contributed by atoms with Crippen molar-refractivity contribution in [3.05, 3.63) is 29.3 Å². The molecule has 114 valence electrons. The number of aliphatic hydroxyl groups is 1. The van der Waals surface area contributed by atoms with Gasteiger partial charge in [0.2, 0.25) is 0 Å². The van der Waals surface area contributed by atoms with Crippen LogP contribution in [-0.4, -0.2) is 42.4 Å². The van der Waals surface area contributed by atoms with Gasteiger partial charge >= 0.3 is 1.43 Å². The van der Waals surface area contributed by atoms with Gasteiger partial charge in [0.15, 0.2) is 0 Å². The van der Waals surface area contributed by atoms with Crippen LogP contribution in [0.4, 0.5) is 0 Å². The Kier molecular flexibility index (Phi) is 7.67. The van der Waals surface area contributed by atoms with Gasteiger partial charge in [-0.2, -0.15) is 0 Å². The average molecular weight is 320 g/mol. The molecular weight excluding hydrogens is 297 g/mol. The molecule has 0 spiro atoms. The van der Waals surface area contributed by atoms with Crippen LogP contribution in [0.15, 0.2) is 24.3 Å². The first kappa shape index (κ1) is 17.6. The Balaban J connectivity index is 0.00000200. The third kappa shape index (κ3) is 5.88. The summed E-state index contributed by atoms with van der Waals surface area (Å²) >= 11 is 5.81. The van der Waals surface area contributed by atoms with E-state index >= 15 is 0 Å². The van der Waals surface area contributed by atoms with Crippen molar-refractivity contribution in [1.29, 1.82) is 0 Å². The van der Waals surface area contributed by atoms with E-state index in [0.717, 1.165) is 24.8 Å². The first-order valence-electron chi connectivity index (χ1n) is 6.92. The molecule has 1 saturated heterocycles. The Morgan fingerprint density at radius 1 is 1.45 bits per heavy atom. The Morgan fingerprint density at radius 3 is 2.80 bits per heavy atom. The van der Waals surface area contributed by atoms with Crippen molar-refractivity contribution in [1.82, 2.24) is 4.90 Å². The molecule has 20 heavy (non-hydrogen) atoms. The molecule has 1 heterocycles. The normalized spacial score (nSPS) is 21.1. The number of rotatable bonds is 5. The van der Waals surface area contributed by atoms with Gasteiger partial charge in [-0.1, -0.05) is 18.5 Å². The Hall–Kier alpha value is -0.480. The molecule has 0 radical (unpaired) electrons. The third-order valence-corrected chi connectivity index (χ3v) is 3.72. The van der Waals surface area contributed by atoms with E-state index in [0.29, 0.717) is 18.2 Å². The van der Waals surface area contributed by atoms with Crippen LogP contribution >= 0.6 is 11.6 Å². The van der Waals surface area contributed by atoms with Gasteiger partial charge in [0.25, 0.3) is 0 Å². The second-order valence-corrected chi connectivity index (χ2v) is 5.86. The minimum atomic E-state index is -0.444. The summed E-state index contributed by atoms with van der Waals surface area (Å²) in [5, 5.41) is 10.7. The van der Waals surface area contributed by atoms with Crippen molar-refractivity contribution in [3.8, 4) is 5.75 Å². The SMILES string of the molecule is CC1CCCN(CC(O)COc2ccc(Cl)cc2)C1.[Cl-].[H+]. The Labute approximate surface area is 133 Å². The van der Waals surface area contributed by atoms with Crippen LogP contribution in [0.5, 0.6) is 5.75 Å². The molecule has 1 aromatic rings. The molecule has 1 fully saturated rings. The molecular formula is C15H23Cl2NO2. The highest BCUT2D eigenvalue weighted by Gasteiger charge is 2.19. The molecule has 1 aliphatic heterocycles. The summed E-state index contributed by atoms with van der Waals surface area (Å²) < 4.78 is 5.56. The van der Waals surface area contributed by atoms with Gasteiger partial charge < -0.3 is 27.2 Å². The first-order valence-corrected chi connectivity index (χ1v) is 7.30. The highest BCUT2D eigenvalue weighted by atomic mass is 35.5. The molecule has 1 N–H and O–H groups in total. The molecule has 0 bridgehead atoms. The maximum Gasteiger partial charge on any atom is 1.00 e. The number of ether oxygens (including phenoxy) is 1. The zero-order chi connectivity index (χ0) is 13.7. The molecule has 3 nitrogen and oxygen atoms in total. The molecule has 2 rings (SSSR count). The molecule has 0 aromatic heterocycles. The summed E-state index contributed by atoms with van der Waals surface area (Å²) in [6.45, 7) is 5.45. The van der Waals surface area contributed by atoms with E-state index in [2.05, 4.69) is 11.8 Å². The van der Waals surface area contributed by atoms with E-state index in [4.69, 9.17) is 16.3 Å². The van der Waals surface area contributed by atoms with Crippen LogP contribution in [0.3, 0.4) is 0 Å². The molecule has 5 heteroatoms. The van der Waals surface area contributed by atoms with Crippen LogP contribution in [0.1, 0.15) is 21.2 Å². The zero-order valence-electron chi connectivity index (χ0n) is 12.8. The molecule has 0 saturated carbocycles. The Bertz CT molecular complexity index is 392. The third-order valence-electron chi connectivity index (χ3n) is 3.47. The van der Waals surface area contributed by atoms with Crippen molar-refractivity contribution in [2.45, 2.75) is 25.9 Å². The van der Waals surface area contributed by atoms with Gasteiger partial charge in [-0.3, -0.25) is 0 Å². The summed E-state index contributed by atoms with van der Waals surface area (Å²) in [4.78, 5) is 2.32. The molecule has 0 aliphatic carbocycles. The van der Waals surface area contributed by atoms with Gasteiger partial charge in [0.1, 0.15) is 18.5 Å². The number of nitrogens with zero attached hydrogens (tertiary/aromatic N) is 1. The fourth-order valence-corrected chi connectivity index (χ4v) is 2.65. The lowest BCUT2D eigenvalue weighted by Gasteiger charge is -2.32. The second kappa shape index (κ2) is 8.73. The molecule has 2 unspecified atom stereocenters. The summed E-state index contributed by atoms with van der Waals surface area (Å²) in [6, 6.07) is 7.21. The summed E-state index contributed by atoms with van der Waals surface area (Å²) in [7, 11) is 0. The molecule has 1 aliphatic rings. The largest absolute Gasteiger partial charge is 1.00 e. The van der Waals surface area contributed by atoms with Gasteiger partial charge in [0.05, 0.1) is 0 Å². The molecule has 0 amide bonds. The second-order valence-electron chi connectivity index (χ2n) is 5.43. The predicted molar refractivity (Wildman–Crippen MR) is 78.9 cm³/mol. The number of halogens is 2. The lowest BCUT2D eigenvalue weighted by molar-refractivity contribution is -0.00000681. The number of benzene rings is 1. The van der Waals surface area contributed by atoms with Crippen LogP contribution in [0.2, 0.25) is 5.02 Å². The maximum atomic E-state index is 10.0. The van der Waals surface area contributed by atoms with Gasteiger partial charge in [0, 0.05) is 18.1 Å². The average Bonchev–Trinajstić information content (AvgIpc) is 2.38. The van der Waals surface area contributed by atoms with Crippen molar-refractivity contribution in [2.24, 2.45) is 5.92 Å². The van der Waals surface area contributed by atoms with Gasteiger partial charge in [-0.25, -0.2) is 0 Å². The van der Waals surface area contributed by atoms with E-state index in [1.54, 1.807) is 12.1 Å². The number of likely N-dealkylation sites (tertiary alicyclic amines) is 1. The smallest absolute Gasteiger partial charge is 1.00 e. The van der Waals surface area contributed by atoms with Crippen molar-refractivity contribution >= 4 is 11.6 Å². The monoisotopic (exact) mass is 319 g/mol. The van der Waals surface area contributed by atoms with E-state index in [9.17, 15) is 5.11 Å². The maximum absolute atomic E-state index is 10.0. The fourth-order valence-electron chi connectivity index (χ4n) is 2.53. The number of β-amino-alcohol motifs (C(OH)–C–C–N with tert-alkyl or cyclic N) is 1. The number of piperidine rings is 1. The minimum Gasteiger partial charge on any atom is -1.00 e. The summed E-state index contributed by atoms with van der Waals surface area (Å²) in [6.07, 6.45) is 2.08. The highest BCUT2D eigenvalue weighted by molar-refractivity contribution is 6.30. The van der Waals surface area contributed by atoms with Crippen LogP contribution in [0, 0.1) is 5.92 Å². The summed E-state index contributed by atoms with van der Waals surface area (Å²) in [5.41, 5.74) is 0. The van der Waals surface area contributed by atoms with E-state index < -0.39 is 6.10 Å². The van der Waals surface area contributed by atoms with E-state index in [1.807, 2.05) is 12.1 Å². The quantitative estimate of drug-likeness (QED) is 0.824. The molecule has 2 atom stereocenters. The lowest BCUT2D eigenvalue weighted by Crippen LogP contribution is -3.00. The van der Waals surface area contributed by atoms with E-state index in [-0.39, 0.29) is 13.8 Å². The Morgan fingerprint density at radius 2 is 2.15 bits per heavy atom. The number of hydrogen-bond donors (Lipinski definition) is 1. The minimum absolute atomic E-state index is 0. The molecule has 1 aromatic carbocycles. The van der Waals surface area contributed by atoms with Crippen LogP contribution < -0.4 is 17.1 Å². The van der Waals surface area contributed by atoms with E-state index in [1.165, 1.54) is 12.8 Å². The number of hydrogen-bond acceptors (Lipinski definition) is 3. The van der Waals surface area contributed by atoms with Crippen LogP contribution in [0.25, 0.3) is 0 Å². The topological polar surface area (TPSA) is 32.7 Å². The van der Waals surface area contributed by atoms with Crippen molar-refractivity contribution in [3.63, 3.8) is 0 Å². The van der Waals surface area contributed by atoms with Crippen molar-refractivity contribution in [2.75, 3.05) is 26.2 Å². The zero-order valence-corrected chi connectivity index (χ0v) is 13.3. The standard InChI is InChI=1S/C15H22ClNO2.ClH/c1-12-3-2-8-17(9-12)10-14(18)11-19-15-6-4-13(16)5-7-15;/h4-7,12,14,18H,2-3,8-11H2,1H3;1H. The fraction of sp³-hybridized carbons (Fsp3) is 0.600. The van der Waals surface area contributed by atoms with Crippen molar-refractivity contribution < 1.29 is 23.7 Å². The first-order chi connectivity index (χ1) is 9.13. The number of aliphatic hydroxyl groups excluding tert-OH is 1. The predicted octanol–water partition coefficient (Wildman–Crippen LogP) is -0.0719. The van der Waals surface area contributed by atoms with Gasteiger partial charge in [-0.05, 0) is 49.6 Å². The van der Waals surface area contributed by atoms with Gasteiger partial charge in [-0.15, -0.1) is 0 Å². The highest BCUT2D eigenvalue weighted by Crippen LogP contribution is 2.17. The lowest BCUT2D eigenvalue weighted by atomic mass is 10.0.